The first-order valence-electron chi connectivity index (χ1n) is 9.62. The Morgan fingerprint density at radius 3 is 2.83 bits per heavy atom. The first-order chi connectivity index (χ1) is 14.5. The normalized spacial score (nSPS) is 18.2. The van der Waals surface area contributed by atoms with E-state index in [4.69, 9.17) is 21.1 Å². The van der Waals surface area contributed by atoms with Crippen molar-refractivity contribution in [2.75, 3.05) is 18.2 Å². The monoisotopic (exact) mass is 428 g/mol. The molecule has 0 fully saturated rings. The highest BCUT2D eigenvalue weighted by Gasteiger charge is 2.30. The lowest BCUT2D eigenvalue weighted by molar-refractivity contribution is -0.120. The summed E-state index contributed by atoms with van der Waals surface area (Å²) in [6.45, 7) is 2.95. The van der Waals surface area contributed by atoms with Crippen LogP contribution in [-0.4, -0.2) is 36.9 Å². The molecule has 0 aliphatic carbocycles. The molecule has 30 heavy (non-hydrogen) atoms. The van der Waals surface area contributed by atoms with E-state index < -0.39 is 11.9 Å². The second kappa shape index (κ2) is 8.62. The van der Waals surface area contributed by atoms with Gasteiger partial charge in [0.2, 0.25) is 5.84 Å². The average Bonchev–Trinajstić information content (AvgIpc) is 3.00. The number of amidine groups is 1. The molecule has 2 aliphatic heterocycles. The highest BCUT2D eigenvalue weighted by Crippen LogP contribution is 2.37. The molecule has 2 N–H and O–H groups in total. The molecule has 2 aromatic rings. The van der Waals surface area contributed by atoms with E-state index in [1.807, 2.05) is 18.2 Å². The molecular weight excluding hydrogens is 408 g/mol. The number of hydrogen-bond acceptors (Lipinski definition) is 6. The zero-order chi connectivity index (χ0) is 21.1. The van der Waals surface area contributed by atoms with Crippen LogP contribution in [0.5, 0.6) is 11.5 Å². The van der Waals surface area contributed by atoms with Gasteiger partial charge < -0.3 is 14.8 Å². The summed E-state index contributed by atoms with van der Waals surface area (Å²) >= 11 is 6.31. The number of benzene rings is 2. The molecule has 1 atom stereocenters. The van der Waals surface area contributed by atoms with Gasteiger partial charge in [-0.15, -0.1) is 0 Å². The lowest BCUT2D eigenvalue weighted by atomic mass is 10.2. The van der Waals surface area contributed by atoms with E-state index in [1.165, 1.54) is 5.01 Å². The van der Waals surface area contributed by atoms with Gasteiger partial charge in [0.05, 0.1) is 23.9 Å². The third-order valence-electron chi connectivity index (χ3n) is 4.66. The number of para-hydroxylation sites is 1. The van der Waals surface area contributed by atoms with Gasteiger partial charge in [0.1, 0.15) is 6.04 Å². The first-order valence-corrected chi connectivity index (χ1v) is 10.0. The Balaban J connectivity index is 1.46. The summed E-state index contributed by atoms with van der Waals surface area (Å²) in [7, 11) is 0. The number of fused-ring (bicyclic) bond motifs is 1. The number of rotatable bonds is 4. The Hall–Kier alpha value is -3.26. The van der Waals surface area contributed by atoms with Crippen molar-refractivity contribution in [3.63, 3.8) is 0 Å². The van der Waals surface area contributed by atoms with Crippen molar-refractivity contribution in [3.8, 4) is 11.5 Å². The van der Waals surface area contributed by atoms with Crippen LogP contribution in [0.4, 0.5) is 5.69 Å². The SMILES string of the molecule is C[C@H]1N=C(C(=O)NCc2cc(Cl)c3c(c2)OCCCO3)NN(c2ccccc2)C1=O. The Kier molecular flexibility index (Phi) is 5.76. The van der Waals surface area contributed by atoms with Gasteiger partial charge in [-0.1, -0.05) is 29.8 Å². The van der Waals surface area contributed by atoms with Crippen molar-refractivity contribution < 1.29 is 19.1 Å². The molecule has 2 aliphatic rings. The van der Waals surface area contributed by atoms with Crippen molar-refractivity contribution in [2.45, 2.75) is 25.9 Å². The second-order valence-corrected chi connectivity index (χ2v) is 7.32. The quantitative estimate of drug-likeness (QED) is 0.780. The molecule has 0 radical (unpaired) electrons. The van der Waals surface area contributed by atoms with Crippen LogP contribution < -0.4 is 25.2 Å². The Bertz CT molecular complexity index is 996. The number of hydrogen-bond donors (Lipinski definition) is 2. The maximum Gasteiger partial charge on any atom is 0.288 e. The van der Waals surface area contributed by atoms with Crippen molar-refractivity contribution in [2.24, 2.45) is 4.99 Å². The number of amides is 2. The molecule has 0 saturated heterocycles. The largest absolute Gasteiger partial charge is 0.489 e. The zero-order valence-electron chi connectivity index (χ0n) is 16.4. The molecule has 2 aromatic carbocycles. The maximum atomic E-state index is 12.7. The van der Waals surface area contributed by atoms with E-state index in [0.717, 1.165) is 12.0 Å². The third-order valence-corrected chi connectivity index (χ3v) is 4.94. The molecule has 2 heterocycles. The van der Waals surface area contributed by atoms with Gasteiger partial charge in [0, 0.05) is 13.0 Å². The van der Waals surface area contributed by atoms with Crippen LogP contribution in [0.25, 0.3) is 0 Å². The molecule has 0 unspecified atom stereocenters. The number of anilines is 1. The lowest BCUT2D eigenvalue weighted by Crippen LogP contribution is -2.57. The van der Waals surface area contributed by atoms with Crippen LogP contribution >= 0.6 is 11.6 Å². The van der Waals surface area contributed by atoms with Gasteiger partial charge >= 0.3 is 0 Å². The minimum atomic E-state index is -0.681. The zero-order valence-corrected chi connectivity index (χ0v) is 17.1. The van der Waals surface area contributed by atoms with Gasteiger partial charge in [-0.05, 0) is 36.8 Å². The number of carbonyl (C=O) groups is 2. The Morgan fingerprint density at radius 1 is 1.27 bits per heavy atom. The van der Waals surface area contributed by atoms with Gasteiger partial charge in [-0.2, -0.15) is 0 Å². The van der Waals surface area contributed by atoms with Crippen LogP contribution in [0.2, 0.25) is 5.02 Å². The van der Waals surface area contributed by atoms with Gasteiger partial charge in [0.15, 0.2) is 11.5 Å². The Labute approximate surface area is 178 Å². The maximum absolute atomic E-state index is 12.7. The van der Waals surface area contributed by atoms with Crippen molar-refractivity contribution in [1.82, 2.24) is 10.7 Å². The number of halogens is 1. The van der Waals surface area contributed by atoms with Crippen LogP contribution in [-0.2, 0) is 16.1 Å². The minimum Gasteiger partial charge on any atom is -0.489 e. The van der Waals surface area contributed by atoms with Gasteiger partial charge in [0.25, 0.3) is 11.8 Å². The fourth-order valence-corrected chi connectivity index (χ4v) is 3.44. The predicted octanol–water partition coefficient (Wildman–Crippen LogP) is 2.46. The third kappa shape index (κ3) is 4.18. The molecule has 156 valence electrons. The molecule has 9 heteroatoms. The van der Waals surface area contributed by atoms with Gasteiger partial charge in [-0.25, -0.2) is 10.0 Å². The van der Waals surface area contributed by atoms with E-state index in [2.05, 4.69) is 15.7 Å². The van der Waals surface area contributed by atoms with Crippen LogP contribution in [0.15, 0.2) is 47.5 Å². The summed E-state index contributed by atoms with van der Waals surface area (Å²) in [4.78, 5) is 29.3. The van der Waals surface area contributed by atoms with Crippen LogP contribution in [0.1, 0.15) is 18.9 Å². The topological polar surface area (TPSA) is 92.3 Å². The summed E-state index contributed by atoms with van der Waals surface area (Å²) in [5, 5.41) is 4.56. The fraction of sp³-hybridized carbons (Fsp3) is 0.286. The number of nitrogens with one attached hydrogen (secondary N) is 2. The minimum absolute atomic E-state index is 0.0615. The molecule has 4 rings (SSSR count). The van der Waals surface area contributed by atoms with E-state index in [-0.39, 0.29) is 18.3 Å². The van der Waals surface area contributed by atoms with Crippen molar-refractivity contribution in [3.05, 3.63) is 53.1 Å². The molecule has 0 bridgehead atoms. The summed E-state index contributed by atoms with van der Waals surface area (Å²) in [6, 6.07) is 11.9. The molecule has 0 aromatic heterocycles. The summed E-state index contributed by atoms with van der Waals surface area (Å²) in [5.41, 5.74) is 4.20. The van der Waals surface area contributed by atoms with E-state index in [1.54, 1.807) is 31.2 Å². The number of hydrazine groups is 1. The summed E-state index contributed by atoms with van der Waals surface area (Å²) in [6.07, 6.45) is 0.775. The van der Waals surface area contributed by atoms with Crippen LogP contribution in [0, 0.1) is 0 Å². The van der Waals surface area contributed by atoms with Crippen molar-refractivity contribution >= 4 is 34.9 Å². The highest BCUT2D eigenvalue weighted by molar-refractivity contribution is 6.39. The predicted molar refractivity (Wildman–Crippen MR) is 113 cm³/mol. The molecule has 0 spiro atoms. The lowest BCUT2D eigenvalue weighted by Gasteiger charge is -2.30. The summed E-state index contributed by atoms with van der Waals surface area (Å²) in [5.74, 6) is 0.470. The van der Waals surface area contributed by atoms with Gasteiger partial charge in [-0.3, -0.25) is 15.0 Å². The number of aliphatic imine (C=N–C) groups is 1. The van der Waals surface area contributed by atoms with E-state index >= 15 is 0 Å². The van der Waals surface area contributed by atoms with E-state index in [0.29, 0.717) is 35.4 Å². The fourth-order valence-electron chi connectivity index (χ4n) is 3.16. The second-order valence-electron chi connectivity index (χ2n) is 6.91. The Morgan fingerprint density at radius 2 is 2.03 bits per heavy atom. The highest BCUT2D eigenvalue weighted by atomic mass is 35.5. The summed E-state index contributed by atoms with van der Waals surface area (Å²) < 4.78 is 11.3. The average molecular weight is 429 g/mol. The molecule has 2 amide bonds. The first kappa shape index (κ1) is 20.0. The van der Waals surface area contributed by atoms with E-state index in [9.17, 15) is 9.59 Å². The number of carbonyl (C=O) groups excluding carboxylic acids is 2. The molecular formula is C21H21ClN4O4. The number of ether oxygens (including phenoxy) is 2. The van der Waals surface area contributed by atoms with Crippen LogP contribution in [0.3, 0.4) is 0 Å². The standard InChI is InChI=1S/C21H21ClN4O4/c1-13-21(28)26(15-6-3-2-4-7-15)25-19(24-13)20(27)23-12-14-10-16(22)18-17(11-14)29-8-5-9-30-18/h2-4,6-7,10-11,13H,5,8-9,12H2,1H3,(H,23,27)(H,24,25)/t13-/m1/s1. The molecule has 8 nitrogen and oxygen atoms in total. The van der Waals surface area contributed by atoms with Crippen molar-refractivity contribution in [1.29, 1.82) is 0 Å². The smallest absolute Gasteiger partial charge is 0.288 e. The molecule has 0 saturated carbocycles. The number of nitrogens with zero attached hydrogens (tertiary/aromatic N) is 2.